The third-order valence-corrected chi connectivity index (χ3v) is 5.20. The highest BCUT2D eigenvalue weighted by Gasteiger charge is 2.28. The summed E-state index contributed by atoms with van der Waals surface area (Å²) in [7, 11) is 1.59. The minimum atomic E-state index is -0.392. The Labute approximate surface area is 176 Å². The summed E-state index contributed by atoms with van der Waals surface area (Å²) in [5.74, 6) is 0.662. The van der Waals surface area contributed by atoms with Gasteiger partial charge in [0.25, 0.3) is 0 Å². The van der Waals surface area contributed by atoms with E-state index in [1.807, 2.05) is 48.6 Å². The Bertz CT molecular complexity index is 999. The van der Waals surface area contributed by atoms with Crippen LogP contribution in [0.3, 0.4) is 0 Å². The lowest BCUT2D eigenvalue weighted by atomic mass is 9.98. The molecular formula is C25H24N2O3. The number of methoxy groups -OCH3 is 1. The first-order valence-electron chi connectivity index (χ1n) is 10.0. The molecule has 0 bridgehead atoms. The Morgan fingerprint density at radius 2 is 1.73 bits per heavy atom. The van der Waals surface area contributed by atoms with Crippen LogP contribution >= 0.6 is 0 Å². The zero-order valence-corrected chi connectivity index (χ0v) is 16.9. The van der Waals surface area contributed by atoms with Gasteiger partial charge in [-0.3, -0.25) is 0 Å². The molecule has 3 aromatic rings. The van der Waals surface area contributed by atoms with Crippen LogP contribution in [0.5, 0.6) is 5.88 Å². The van der Waals surface area contributed by atoms with E-state index in [2.05, 4.69) is 34.6 Å². The van der Waals surface area contributed by atoms with Crippen LogP contribution in [0.1, 0.15) is 29.0 Å². The summed E-state index contributed by atoms with van der Waals surface area (Å²) in [6, 6.07) is 20.4. The average molecular weight is 400 g/mol. The molecule has 1 amide bonds. The number of nitrogens with zero attached hydrogens (tertiary/aromatic N) is 1. The third-order valence-electron chi connectivity index (χ3n) is 5.20. The molecule has 1 aromatic heterocycles. The van der Waals surface area contributed by atoms with Crippen LogP contribution in [0.2, 0.25) is 0 Å². The lowest BCUT2D eigenvalue weighted by Crippen LogP contribution is -2.26. The number of carbonyl (C=O) groups excluding carboxylic acids is 1. The van der Waals surface area contributed by atoms with Crippen LogP contribution in [0.15, 0.2) is 72.9 Å². The van der Waals surface area contributed by atoms with Gasteiger partial charge in [-0.2, -0.15) is 0 Å². The molecule has 5 nitrogen and oxygen atoms in total. The number of nitrogens with one attached hydrogen (secondary N) is 1. The molecule has 0 spiro atoms. The number of hydrogen-bond acceptors (Lipinski definition) is 4. The fourth-order valence-electron chi connectivity index (χ4n) is 3.74. The number of carbonyl (C=O) groups is 1. The number of fused-ring (bicyclic) bond motifs is 3. The van der Waals surface area contributed by atoms with Crippen molar-refractivity contribution in [3.05, 3.63) is 89.6 Å². The molecule has 5 heteroatoms. The van der Waals surface area contributed by atoms with Crippen LogP contribution in [0.25, 0.3) is 17.2 Å². The molecule has 0 radical (unpaired) electrons. The fraction of sp³-hybridized carbons (Fsp3) is 0.200. The maximum absolute atomic E-state index is 12.1. The minimum Gasteiger partial charge on any atom is -0.481 e. The van der Waals surface area contributed by atoms with Crippen molar-refractivity contribution < 1.29 is 14.3 Å². The molecule has 1 aliphatic rings. The molecule has 2 aromatic carbocycles. The highest BCUT2D eigenvalue weighted by Crippen LogP contribution is 2.44. The molecule has 0 saturated heterocycles. The molecule has 0 atom stereocenters. The van der Waals surface area contributed by atoms with Crippen molar-refractivity contribution in [2.75, 3.05) is 20.3 Å². The average Bonchev–Trinajstić information content (AvgIpc) is 3.12. The number of hydrogen-bond donors (Lipinski definition) is 1. The Hall–Kier alpha value is -3.60. The molecule has 1 heterocycles. The molecule has 0 saturated carbocycles. The van der Waals surface area contributed by atoms with Crippen LogP contribution < -0.4 is 10.1 Å². The van der Waals surface area contributed by atoms with Crippen molar-refractivity contribution in [3.8, 4) is 17.0 Å². The van der Waals surface area contributed by atoms with Gasteiger partial charge in [0.05, 0.1) is 7.11 Å². The van der Waals surface area contributed by atoms with Gasteiger partial charge in [0.15, 0.2) is 0 Å². The predicted molar refractivity (Wildman–Crippen MR) is 118 cm³/mol. The molecule has 0 fully saturated rings. The second-order valence-corrected chi connectivity index (χ2v) is 7.08. The quantitative estimate of drug-likeness (QED) is 0.565. The maximum Gasteiger partial charge on any atom is 0.407 e. The number of aromatic nitrogens is 1. The second-order valence-electron chi connectivity index (χ2n) is 7.08. The molecular weight excluding hydrogens is 376 g/mol. The number of rotatable bonds is 7. The predicted octanol–water partition coefficient (Wildman–Crippen LogP) is 5.03. The van der Waals surface area contributed by atoms with Gasteiger partial charge in [-0.05, 0) is 40.3 Å². The maximum atomic E-state index is 12.1. The summed E-state index contributed by atoms with van der Waals surface area (Å²) in [5.41, 5.74) is 5.85. The summed E-state index contributed by atoms with van der Waals surface area (Å²) < 4.78 is 10.6. The van der Waals surface area contributed by atoms with E-state index in [0.717, 1.165) is 5.56 Å². The number of ether oxygens (including phenoxy) is 2. The highest BCUT2D eigenvalue weighted by molar-refractivity contribution is 5.79. The monoisotopic (exact) mass is 400 g/mol. The first-order chi connectivity index (χ1) is 14.8. The van der Waals surface area contributed by atoms with Crippen molar-refractivity contribution in [2.24, 2.45) is 0 Å². The Kier molecular flexibility index (Phi) is 6.09. The van der Waals surface area contributed by atoms with Crippen molar-refractivity contribution in [2.45, 2.75) is 12.3 Å². The van der Waals surface area contributed by atoms with E-state index in [-0.39, 0.29) is 5.92 Å². The highest BCUT2D eigenvalue weighted by atomic mass is 16.5. The standard InChI is InChI=1S/C25H24N2O3/c1-29-24-14-13-18(16-27-24)8-6-7-15-26-25(28)30-17-23-21-11-4-2-9-19(21)20-10-3-5-12-22(20)23/h2-6,8-14,16,23H,7,15,17H2,1H3,(H,26,28). The van der Waals surface area contributed by atoms with Crippen molar-refractivity contribution in [1.29, 1.82) is 0 Å². The molecule has 1 aliphatic carbocycles. The third kappa shape index (κ3) is 4.35. The van der Waals surface area contributed by atoms with Crippen LogP contribution in [0.4, 0.5) is 4.79 Å². The van der Waals surface area contributed by atoms with Crippen LogP contribution in [0, 0.1) is 0 Å². The summed E-state index contributed by atoms with van der Waals surface area (Å²) in [6.07, 6.45) is 6.01. The molecule has 0 aliphatic heterocycles. The van der Waals surface area contributed by atoms with Crippen molar-refractivity contribution in [3.63, 3.8) is 0 Å². The van der Waals surface area contributed by atoms with Gasteiger partial charge in [0.2, 0.25) is 5.88 Å². The smallest absolute Gasteiger partial charge is 0.407 e. The van der Waals surface area contributed by atoms with Gasteiger partial charge in [0, 0.05) is 24.7 Å². The van der Waals surface area contributed by atoms with Gasteiger partial charge < -0.3 is 14.8 Å². The number of amides is 1. The Morgan fingerprint density at radius 1 is 1.03 bits per heavy atom. The zero-order chi connectivity index (χ0) is 20.8. The first-order valence-corrected chi connectivity index (χ1v) is 10.0. The SMILES string of the molecule is COc1ccc(C=CCCNC(=O)OCC2c3ccccc3-c3ccccc32)cn1. The number of alkyl carbamates (subject to hydrolysis) is 1. The van der Waals surface area contributed by atoms with Gasteiger partial charge >= 0.3 is 6.09 Å². The molecule has 4 rings (SSSR count). The zero-order valence-electron chi connectivity index (χ0n) is 16.9. The lowest BCUT2D eigenvalue weighted by Gasteiger charge is -2.14. The van der Waals surface area contributed by atoms with E-state index in [1.54, 1.807) is 13.3 Å². The number of benzene rings is 2. The van der Waals surface area contributed by atoms with E-state index < -0.39 is 6.09 Å². The largest absolute Gasteiger partial charge is 0.481 e. The van der Waals surface area contributed by atoms with E-state index in [9.17, 15) is 4.79 Å². The van der Waals surface area contributed by atoms with Gasteiger partial charge in [-0.25, -0.2) is 9.78 Å². The van der Waals surface area contributed by atoms with Crippen molar-refractivity contribution >= 4 is 12.2 Å². The topological polar surface area (TPSA) is 60.5 Å². The van der Waals surface area contributed by atoms with E-state index in [4.69, 9.17) is 9.47 Å². The number of pyridine rings is 1. The summed E-state index contributed by atoms with van der Waals surface area (Å²) in [4.78, 5) is 16.3. The van der Waals surface area contributed by atoms with Gasteiger partial charge in [0.1, 0.15) is 6.61 Å². The second kappa shape index (κ2) is 9.27. The molecule has 30 heavy (non-hydrogen) atoms. The normalized spacial score (nSPS) is 12.4. The van der Waals surface area contributed by atoms with Crippen LogP contribution in [-0.4, -0.2) is 31.3 Å². The van der Waals surface area contributed by atoms with Gasteiger partial charge in [-0.15, -0.1) is 0 Å². The summed E-state index contributed by atoms with van der Waals surface area (Å²) >= 11 is 0. The van der Waals surface area contributed by atoms with Crippen molar-refractivity contribution in [1.82, 2.24) is 10.3 Å². The fourth-order valence-corrected chi connectivity index (χ4v) is 3.74. The summed E-state index contributed by atoms with van der Waals surface area (Å²) in [6.45, 7) is 0.837. The molecule has 0 unspecified atom stereocenters. The van der Waals surface area contributed by atoms with Crippen LogP contribution in [-0.2, 0) is 4.74 Å². The first kappa shape index (κ1) is 19.7. The lowest BCUT2D eigenvalue weighted by molar-refractivity contribution is 0.143. The summed E-state index contributed by atoms with van der Waals surface area (Å²) in [5, 5.41) is 2.81. The minimum absolute atomic E-state index is 0.0746. The molecule has 1 N–H and O–H groups in total. The van der Waals surface area contributed by atoms with Gasteiger partial charge in [-0.1, -0.05) is 60.7 Å². The Balaban J connectivity index is 1.26. The van der Waals surface area contributed by atoms with E-state index in [1.165, 1.54) is 22.3 Å². The molecule has 152 valence electrons. The Morgan fingerprint density at radius 3 is 2.37 bits per heavy atom. The van der Waals surface area contributed by atoms with E-state index in [0.29, 0.717) is 25.5 Å². The van der Waals surface area contributed by atoms with E-state index >= 15 is 0 Å².